The van der Waals surface area contributed by atoms with Gasteiger partial charge >= 0.3 is 0 Å². The van der Waals surface area contributed by atoms with E-state index in [1.165, 1.54) is 18.3 Å². The van der Waals surface area contributed by atoms with Crippen LogP contribution in [0.15, 0.2) is 76.7 Å². The normalized spacial score (nSPS) is 11.6. The predicted octanol–water partition coefficient (Wildman–Crippen LogP) is 5.44. The van der Waals surface area contributed by atoms with Crippen LogP contribution in [0.1, 0.15) is 11.1 Å². The average molecular weight is 653 g/mol. The average Bonchev–Trinajstić information content (AvgIpc) is 2.69. The minimum absolute atomic E-state index is 0.159. The lowest BCUT2D eigenvalue weighted by Gasteiger charge is -2.11. The number of rotatable bonds is 7. The van der Waals surface area contributed by atoms with Crippen LogP contribution in [0.4, 0.5) is 0 Å². The summed E-state index contributed by atoms with van der Waals surface area (Å²) < 4.78 is 32.1. The monoisotopic (exact) mass is 652 g/mol. The van der Waals surface area contributed by atoms with Crippen molar-refractivity contribution in [3.05, 3.63) is 90.0 Å². The molecule has 5 nitrogen and oxygen atoms in total. The fourth-order valence-electron chi connectivity index (χ4n) is 2.35. The number of nitrogens with one attached hydrogen (secondary N) is 1. The van der Waals surface area contributed by atoms with Crippen molar-refractivity contribution in [2.75, 3.05) is 0 Å². The van der Waals surface area contributed by atoms with E-state index in [1.54, 1.807) is 18.2 Å². The van der Waals surface area contributed by atoms with Gasteiger partial charge in [-0.2, -0.15) is 13.5 Å². The number of benzene rings is 3. The Balaban J connectivity index is 1.68. The molecule has 0 aromatic heterocycles. The first-order valence-electron chi connectivity index (χ1n) is 8.31. The van der Waals surface area contributed by atoms with Crippen molar-refractivity contribution < 1.29 is 13.2 Å². The Kier molecular flexibility index (Phi) is 7.77. The molecule has 0 aliphatic carbocycles. The molecule has 1 N–H and O–H groups in total. The number of hydrogen-bond donors (Lipinski definition) is 1. The summed E-state index contributed by atoms with van der Waals surface area (Å²) in [4.78, 5) is 2.38. The molecule has 0 aliphatic rings. The number of hydrazone groups is 1. The molecule has 0 saturated carbocycles. The molecule has 3 aromatic rings. The summed E-state index contributed by atoms with van der Waals surface area (Å²) in [6.07, 6.45) is 1.47. The topological polar surface area (TPSA) is 67.8 Å². The van der Waals surface area contributed by atoms with Gasteiger partial charge in [0.1, 0.15) is 12.4 Å². The van der Waals surface area contributed by atoms with E-state index in [0.717, 1.165) is 24.0 Å². The van der Waals surface area contributed by atoms with Crippen LogP contribution >= 0.6 is 56.8 Å². The first-order chi connectivity index (χ1) is 13.8. The van der Waals surface area contributed by atoms with Crippen LogP contribution in [0, 0.1) is 7.14 Å². The Morgan fingerprint density at radius 3 is 2.24 bits per heavy atom. The Bertz CT molecular complexity index is 1100. The third-order valence-corrected chi connectivity index (χ3v) is 6.85. The van der Waals surface area contributed by atoms with E-state index in [4.69, 9.17) is 16.3 Å². The van der Waals surface area contributed by atoms with Crippen LogP contribution in [-0.4, -0.2) is 14.6 Å². The standard InChI is InChI=1S/C20H15ClI2N2O3S/c21-16-8-6-14(7-9-16)13-28-20-18(22)10-15(11-19(20)23)12-24-25-29(26,27)17-4-2-1-3-5-17/h1-12,25H,13H2/b24-12-. The summed E-state index contributed by atoms with van der Waals surface area (Å²) in [5.41, 5.74) is 1.77. The van der Waals surface area contributed by atoms with Gasteiger partial charge in [0.2, 0.25) is 0 Å². The van der Waals surface area contributed by atoms with Gasteiger partial charge in [0.05, 0.1) is 18.3 Å². The zero-order valence-corrected chi connectivity index (χ0v) is 20.7. The Hall–Kier alpha value is -1.37. The highest BCUT2D eigenvalue weighted by atomic mass is 127. The predicted molar refractivity (Wildman–Crippen MR) is 132 cm³/mol. The van der Waals surface area contributed by atoms with Gasteiger partial charge in [0, 0.05) is 5.02 Å². The molecule has 0 fully saturated rings. The summed E-state index contributed by atoms with van der Waals surface area (Å²) in [5, 5.41) is 4.57. The van der Waals surface area contributed by atoms with E-state index in [1.807, 2.05) is 36.4 Å². The molecule has 0 radical (unpaired) electrons. The minimum atomic E-state index is -3.69. The fraction of sp³-hybridized carbons (Fsp3) is 0.0500. The molecule has 0 heterocycles. The second kappa shape index (κ2) is 10.1. The lowest BCUT2D eigenvalue weighted by molar-refractivity contribution is 0.302. The lowest BCUT2D eigenvalue weighted by Crippen LogP contribution is -2.18. The first kappa shape index (κ1) is 22.3. The van der Waals surface area contributed by atoms with E-state index in [0.29, 0.717) is 11.6 Å². The zero-order chi connectivity index (χ0) is 20.9. The van der Waals surface area contributed by atoms with Crippen molar-refractivity contribution in [1.82, 2.24) is 4.83 Å². The third kappa shape index (κ3) is 6.30. The van der Waals surface area contributed by atoms with Crippen LogP contribution in [0.5, 0.6) is 5.75 Å². The van der Waals surface area contributed by atoms with E-state index in [2.05, 4.69) is 55.1 Å². The summed E-state index contributed by atoms with van der Waals surface area (Å²) in [7, 11) is -3.69. The third-order valence-electron chi connectivity index (χ3n) is 3.76. The summed E-state index contributed by atoms with van der Waals surface area (Å²) in [6.45, 7) is 0.424. The van der Waals surface area contributed by atoms with E-state index in [9.17, 15) is 8.42 Å². The highest BCUT2D eigenvalue weighted by molar-refractivity contribution is 14.1. The van der Waals surface area contributed by atoms with Gasteiger partial charge < -0.3 is 4.74 Å². The SMILES string of the molecule is O=S(=O)(N/N=C\c1cc(I)c(OCc2ccc(Cl)cc2)c(I)c1)c1ccccc1. The van der Waals surface area contributed by atoms with Gasteiger partial charge in [0.25, 0.3) is 10.0 Å². The molecule has 9 heteroatoms. The number of nitrogens with zero attached hydrogens (tertiary/aromatic N) is 1. The summed E-state index contributed by atoms with van der Waals surface area (Å²) in [5.74, 6) is 0.767. The molecular weight excluding hydrogens is 638 g/mol. The molecule has 0 bridgehead atoms. The Morgan fingerprint density at radius 1 is 1.00 bits per heavy atom. The van der Waals surface area contributed by atoms with Crippen molar-refractivity contribution in [2.45, 2.75) is 11.5 Å². The number of sulfonamides is 1. The number of halogens is 3. The van der Waals surface area contributed by atoms with Crippen LogP contribution in [0.25, 0.3) is 0 Å². The highest BCUT2D eigenvalue weighted by Crippen LogP contribution is 2.29. The van der Waals surface area contributed by atoms with Crippen LogP contribution < -0.4 is 9.57 Å². The van der Waals surface area contributed by atoms with Crippen molar-refractivity contribution in [3.63, 3.8) is 0 Å². The fourth-order valence-corrected chi connectivity index (χ4v) is 5.42. The lowest BCUT2D eigenvalue weighted by atomic mass is 10.2. The summed E-state index contributed by atoms with van der Waals surface area (Å²) in [6, 6.07) is 19.3. The van der Waals surface area contributed by atoms with E-state index in [-0.39, 0.29) is 4.90 Å². The smallest absolute Gasteiger partial charge is 0.276 e. The van der Waals surface area contributed by atoms with Gasteiger partial charge in [0.15, 0.2) is 0 Å². The maximum Gasteiger partial charge on any atom is 0.276 e. The highest BCUT2D eigenvalue weighted by Gasteiger charge is 2.12. The molecule has 3 rings (SSSR count). The van der Waals surface area contributed by atoms with Crippen LogP contribution in [0.2, 0.25) is 5.02 Å². The van der Waals surface area contributed by atoms with Gasteiger partial charge in [-0.3, -0.25) is 0 Å². The first-order valence-corrected chi connectivity index (χ1v) is 12.3. The molecule has 3 aromatic carbocycles. The summed E-state index contributed by atoms with van der Waals surface area (Å²) >= 11 is 10.3. The van der Waals surface area contributed by atoms with Crippen molar-refractivity contribution in [3.8, 4) is 5.75 Å². The molecule has 0 saturated heterocycles. The van der Waals surface area contributed by atoms with Gasteiger partial charge in [-0.25, -0.2) is 4.83 Å². The molecule has 0 aliphatic heterocycles. The molecule has 0 spiro atoms. The van der Waals surface area contributed by atoms with Crippen LogP contribution in [-0.2, 0) is 16.6 Å². The van der Waals surface area contributed by atoms with Gasteiger partial charge in [-0.15, -0.1) is 0 Å². The Morgan fingerprint density at radius 2 is 1.62 bits per heavy atom. The maximum atomic E-state index is 12.2. The van der Waals surface area contributed by atoms with E-state index < -0.39 is 10.0 Å². The molecule has 0 amide bonds. The number of hydrogen-bond acceptors (Lipinski definition) is 4. The maximum absolute atomic E-state index is 12.2. The quantitative estimate of drug-likeness (QED) is 0.210. The molecule has 0 unspecified atom stereocenters. The molecule has 29 heavy (non-hydrogen) atoms. The van der Waals surface area contributed by atoms with E-state index >= 15 is 0 Å². The Labute approximate surface area is 201 Å². The minimum Gasteiger partial charge on any atom is -0.487 e. The number of ether oxygens (including phenoxy) is 1. The van der Waals surface area contributed by atoms with Crippen molar-refractivity contribution >= 4 is 73.0 Å². The van der Waals surface area contributed by atoms with Crippen molar-refractivity contribution in [2.24, 2.45) is 5.10 Å². The molecular formula is C20H15ClI2N2O3S. The molecule has 150 valence electrons. The second-order valence-electron chi connectivity index (χ2n) is 5.89. The largest absolute Gasteiger partial charge is 0.487 e. The van der Waals surface area contributed by atoms with Gasteiger partial charge in [-0.1, -0.05) is 41.9 Å². The van der Waals surface area contributed by atoms with Gasteiger partial charge in [-0.05, 0) is 92.7 Å². The molecule has 0 atom stereocenters. The second-order valence-corrected chi connectivity index (χ2v) is 10.3. The van der Waals surface area contributed by atoms with Crippen molar-refractivity contribution in [1.29, 1.82) is 0 Å². The van der Waals surface area contributed by atoms with Crippen LogP contribution in [0.3, 0.4) is 0 Å². The zero-order valence-electron chi connectivity index (χ0n) is 14.8.